The first-order chi connectivity index (χ1) is 12.1. The van der Waals surface area contributed by atoms with Crippen molar-refractivity contribution in [3.63, 3.8) is 0 Å². The minimum absolute atomic E-state index is 0.0250. The molecule has 0 atom stereocenters. The molecule has 1 aromatic heterocycles. The second-order valence-electron chi connectivity index (χ2n) is 6.34. The highest BCUT2D eigenvalue weighted by molar-refractivity contribution is 5.96. The first-order valence-electron chi connectivity index (χ1n) is 8.74. The van der Waals surface area contributed by atoms with Crippen LogP contribution < -0.4 is 4.74 Å². The van der Waals surface area contributed by atoms with Gasteiger partial charge in [-0.2, -0.15) is 0 Å². The Kier molecular flexibility index (Phi) is 5.38. The summed E-state index contributed by atoms with van der Waals surface area (Å²) in [4.78, 5) is 16.9. The Labute approximate surface area is 148 Å². The Hall–Kier alpha value is -2.34. The molecule has 0 radical (unpaired) electrons. The van der Waals surface area contributed by atoms with E-state index in [0.29, 0.717) is 23.6 Å². The Bertz CT molecular complexity index is 697. The maximum Gasteiger partial charge on any atom is 0.259 e. The van der Waals surface area contributed by atoms with Crippen molar-refractivity contribution in [3.05, 3.63) is 46.8 Å². The lowest BCUT2D eigenvalue weighted by Crippen LogP contribution is -2.48. The van der Waals surface area contributed by atoms with Crippen LogP contribution in [0.15, 0.2) is 28.8 Å². The summed E-state index contributed by atoms with van der Waals surface area (Å²) >= 11 is 0. The van der Waals surface area contributed by atoms with Gasteiger partial charge in [0.25, 0.3) is 5.91 Å². The largest absolute Gasteiger partial charge is 0.494 e. The van der Waals surface area contributed by atoms with Crippen LogP contribution in [0.25, 0.3) is 0 Å². The van der Waals surface area contributed by atoms with Crippen molar-refractivity contribution in [2.75, 3.05) is 32.8 Å². The molecule has 6 nitrogen and oxygen atoms in total. The molecule has 6 heteroatoms. The summed E-state index contributed by atoms with van der Waals surface area (Å²) < 4.78 is 10.6. The molecule has 3 rings (SSSR count). The van der Waals surface area contributed by atoms with E-state index >= 15 is 0 Å². The molecule has 0 spiro atoms. The third-order valence-corrected chi connectivity index (χ3v) is 4.55. The van der Waals surface area contributed by atoms with Crippen LogP contribution in [0, 0.1) is 13.8 Å². The molecule has 2 aromatic rings. The highest BCUT2D eigenvalue weighted by Crippen LogP contribution is 2.18. The third kappa shape index (κ3) is 4.02. The number of hydrogen-bond acceptors (Lipinski definition) is 5. The van der Waals surface area contributed by atoms with Crippen LogP contribution >= 0.6 is 0 Å². The van der Waals surface area contributed by atoms with E-state index in [1.165, 1.54) is 5.56 Å². The topological polar surface area (TPSA) is 58.8 Å². The second kappa shape index (κ2) is 7.70. The van der Waals surface area contributed by atoms with Crippen molar-refractivity contribution in [2.24, 2.45) is 0 Å². The average molecular weight is 343 g/mol. The highest BCUT2D eigenvalue weighted by atomic mass is 16.5. The van der Waals surface area contributed by atoms with Crippen molar-refractivity contribution in [1.29, 1.82) is 0 Å². The summed E-state index contributed by atoms with van der Waals surface area (Å²) in [5.74, 6) is 1.53. The smallest absolute Gasteiger partial charge is 0.259 e. The van der Waals surface area contributed by atoms with Gasteiger partial charge in [-0.25, -0.2) is 0 Å². The molecule has 1 saturated heterocycles. The number of nitrogens with zero attached hydrogens (tertiary/aromatic N) is 3. The first kappa shape index (κ1) is 17.5. The Balaban J connectivity index is 1.54. The molecule has 25 heavy (non-hydrogen) atoms. The van der Waals surface area contributed by atoms with E-state index in [1.807, 2.05) is 30.9 Å². The molecule has 2 heterocycles. The number of aromatic nitrogens is 1. The molecule has 1 aliphatic heterocycles. The fourth-order valence-corrected chi connectivity index (χ4v) is 3.17. The van der Waals surface area contributed by atoms with E-state index in [0.717, 1.165) is 38.5 Å². The fourth-order valence-electron chi connectivity index (χ4n) is 3.17. The summed E-state index contributed by atoms with van der Waals surface area (Å²) in [6.07, 6.45) is 0. The van der Waals surface area contributed by atoms with Crippen molar-refractivity contribution in [3.8, 4) is 5.75 Å². The van der Waals surface area contributed by atoms with Crippen LogP contribution in [-0.4, -0.2) is 53.6 Å². The number of carbonyl (C=O) groups is 1. The van der Waals surface area contributed by atoms with Crippen LogP contribution in [-0.2, 0) is 6.54 Å². The summed E-state index contributed by atoms with van der Waals surface area (Å²) in [6.45, 7) is 10.3. The van der Waals surface area contributed by atoms with Crippen molar-refractivity contribution in [2.45, 2.75) is 27.3 Å². The van der Waals surface area contributed by atoms with Crippen LogP contribution in [0.4, 0.5) is 0 Å². The zero-order valence-corrected chi connectivity index (χ0v) is 15.1. The van der Waals surface area contributed by atoms with Gasteiger partial charge in [0, 0.05) is 32.7 Å². The number of benzene rings is 1. The molecule has 0 unspecified atom stereocenters. The minimum atomic E-state index is 0.0250. The number of carbonyl (C=O) groups excluding carboxylic acids is 1. The van der Waals surface area contributed by atoms with Gasteiger partial charge in [0.15, 0.2) is 0 Å². The number of hydrogen-bond donors (Lipinski definition) is 0. The van der Waals surface area contributed by atoms with Crippen LogP contribution in [0.1, 0.15) is 34.3 Å². The van der Waals surface area contributed by atoms with E-state index in [1.54, 1.807) is 6.92 Å². The summed E-state index contributed by atoms with van der Waals surface area (Å²) in [6, 6.07) is 8.23. The van der Waals surface area contributed by atoms with E-state index < -0.39 is 0 Å². The number of rotatable bonds is 5. The van der Waals surface area contributed by atoms with E-state index in [-0.39, 0.29) is 5.91 Å². The molecule has 0 aliphatic carbocycles. The van der Waals surface area contributed by atoms with Gasteiger partial charge < -0.3 is 14.2 Å². The lowest BCUT2D eigenvalue weighted by molar-refractivity contribution is 0.0626. The van der Waals surface area contributed by atoms with E-state index in [2.05, 4.69) is 22.2 Å². The van der Waals surface area contributed by atoms with Gasteiger partial charge in [-0.3, -0.25) is 9.69 Å². The van der Waals surface area contributed by atoms with E-state index in [4.69, 9.17) is 9.26 Å². The van der Waals surface area contributed by atoms with Gasteiger partial charge in [0.05, 0.1) is 12.3 Å². The zero-order valence-electron chi connectivity index (χ0n) is 15.1. The SMILES string of the molecule is CCOc1ccc(CN2CCN(C(=O)c3c(C)noc3C)CC2)cc1. The molecule has 0 saturated carbocycles. The molecule has 0 bridgehead atoms. The molecule has 134 valence electrons. The van der Waals surface area contributed by atoms with Crippen LogP contribution in [0.3, 0.4) is 0 Å². The predicted molar refractivity (Wildman–Crippen MR) is 94.8 cm³/mol. The first-order valence-corrected chi connectivity index (χ1v) is 8.74. The summed E-state index contributed by atoms with van der Waals surface area (Å²) in [5.41, 5.74) is 2.54. The monoisotopic (exact) mass is 343 g/mol. The fraction of sp³-hybridized carbons (Fsp3) is 0.474. The zero-order chi connectivity index (χ0) is 17.8. The molecule has 0 N–H and O–H groups in total. The lowest BCUT2D eigenvalue weighted by atomic mass is 10.1. The van der Waals surface area contributed by atoms with Crippen molar-refractivity contribution in [1.82, 2.24) is 15.0 Å². The normalized spacial score (nSPS) is 15.4. The Morgan fingerprint density at radius 3 is 2.40 bits per heavy atom. The molecular weight excluding hydrogens is 318 g/mol. The summed E-state index contributed by atoms with van der Waals surface area (Å²) in [5, 5.41) is 3.88. The number of ether oxygens (including phenoxy) is 1. The quantitative estimate of drug-likeness (QED) is 0.835. The molecular formula is C19H25N3O3. The molecule has 1 fully saturated rings. The van der Waals surface area contributed by atoms with Gasteiger partial charge in [0.1, 0.15) is 17.1 Å². The number of piperazine rings is 1. The predicted octanol–water partition coefficient (Wildman–Crippen LogP) is 2.65. The number of aryl methyl sites for hydroxylation is 2. The Morgan fingerprint density at radius 2 is 1.84 bits per heavy atom. The Morgan fingerprint density at radius 1 is 1.16 bits per heavy atom. The molecule has 1 aromatic carbocycles. The van der Waals surface area contributed by atoms with Gasteiger partial charge in [-0.1, -0.05) is 17.3 Å². The average Bonchev–Trinajstić information content (AvgIpc) is 2.95. The van der Waals surface area contributed by atoms with Crippen molar-refractivity contribution >= 4 is 5.91 Å². The van der Waals surface area contributed by atoms with Crippen LogP contribution in [0.2, 0.25) is 0 Å². The standard InChI is InChI=1S/C19H25N3O3/c1-4-24-17-7-5-16(6-8-17)13-21-9-11-22(12-10-21)19(23)18-14(2)20-25-15(18)3/h5-8H,4,9-13H2,1-3H3. The van der Waals surface area contributed by atoms with Gasteiger partial charge in [-0.05, 0) is 38.5 Å². The maximum atomic E-state index is 12.7. The van der Waals surface area contributed by atoms with Crippen molar-refractivity contribution < 1.29 is 14.1 Å². The second-order valence-corrected chi connectivity index (χ2v) is 6.34. The van der Waals surface area contributed by atoms with Gasteiger partial charge in [-0.15, -0.1) is 0 Å². The summed E-state index contributed by atoms with van der Waals surface area (Å²) in [7, 11) is 0. The minimum Gasteiger partial charge on any atom is -0.494 e. The third-order valence-electron chi connectivity index (χ3n) is 4.55. The highest BCUT2D eigenvalue weighted by Gasteiger charge is 2.26. The van der Waals surface area contributed by atoms with Crippen LogP contribution in [0.5, 0.6) is 5.75 Å². The molecule has 1 aliphatic rings. The van der Waals surface area contributed by atoms with Gasteiger partial charge >= 0.3 is 0 Å². The lowest BCUT2D eigenvalue weighted by Gasteiger charge is -2.34. The number of amides is 1. The van der Waals surface area contributed by atoms with E-state index in [9.17, 15) is 4.79 Å². The maximum absolute atomic E-state index is 12.7. The molecule has 1 amide bonds. The van der Waals surface area contributed by atoms with Gasteiger partial charge in [0.2, 0.25) is 0 Å².